The predicted molar refractivity (Wildman–Crippen MR) is 77.9 cm³/mol. The largest absolute Gasteiger partial charge is 0.356 e. The lowest BCUT2D eigenvalue weighted by Gasteiger charge is -2.25. The molecule has 5 heteroatoms. The van der Waals surface area contributed by atoms with E-state index in [-0.39, 0.29) is 29.7 Å². The number of nitrogens with two attached hydrogens (primary N) is 1. The van der Waals surface area contributed by atoms with Crippen molar-refractivity contribution in [3.8, 4) is 0 Å². The standard InChI is InChI=1S/C15H27N3O2/c16-13-7-2-6-12(10-13)15(20)18-9-3-8-17-14(19)11-4-1-5-11/h11-13H,1-10,16H2,(H,17,19)(H,18,20). The van der Waals surface area contributed by atoms with Crippen molar-refractivity contribution in [3.05, 3.63) is 0 Å². The summed E-state index contributed by atoms with van der Waals surface area (Å²) in [5.74, 6) is 0.642. The van der Waals surface area contributed by atoms with E-state index >= 15 is 0 Å². The molecule has 0 heterocycles. The third-order valence-corrected chi connectivity index (χ3v) is 4.51. The highest BCUT2D eigenvalue weighted by molar-refractivity contribution is 5.79. The van der Waals surface area contributed by atoms with E-state index in [2.05, 4.69) is 10.6 Å². The molecule has 2 saturated carbocycles. The first-order chi connectivity index (χ1) is 9.66. The van der Waals surface area contributed by atoms with Crippen molar-refractivity contribution in [1.82, 2.24) is 10.6 Å². The highest BCUT2D eigenvalue weighted by Crippen LogP contribution is 2.26. The molecule has 0 aromatic heterocycles. The van der Waals surface area contributed by atoms with Crippen molar-refractivity contribution in [2.45, 2.75) is 57.4 Å². The Labute approximate surface area is 121 Å². The summed E-state index contributed by atoms with van der Waals surface area (Å²) in [5, 5.41) is 5.89. The zero-order chi connectivity index (χ0) is 14.4. The number of hydrogen-bond acceptors (Lipinski definition) is 3. The molecule has 2 fully saturated rings. The summed E-state index contributed by atoms with van der Waals surface area (Å²) in [6.45, 7) is 1.29. The molecule has 2 atom stereocenters. The Morgan fingerprint density at radius 1 is 0.900 bits per heavy atom. The second-order valence-corrected chi connectivity index (χ2v) is 6.19. The fourth-order valence-electron chi connectivity index (χ4n) is 2.94. The van der Waals surface area contributed by atoms with Gasteiger partial charge in [0.1, 0.15) is 0 Å². The second-order valence-electron chi connectivity index (χ2n) is 6.19. The fourth-order valence-corrected chi connectivity index (χ4v) is 2.94. The van der Waals surface area contributed by atoms with Crippen molar-refractivity contribution in [3.63, 3.8) is 0 Å². The van der Waals surface area contributed by atoms with Gasteiger partial charge in [0.2, 0.25) is 11.8 Å². The molecule has 0 aromatic rings. The van der Waals surface area contributed by atoms with Gasteiger partial charge in [0, 0.05) is 31.0 Å². The molecule has 0 saturated heterocycles. The molecule has 2 amide bonds. The number of amides is 2. The van der Waals surface area contributed by atoms with E-state index in [0.717, 1.165) is 44.9 Å². The van der Waals surface area contributed by atoms with Crippen LogP contribution in [-0.4, -0.2) is 30.9 Å². The van der Waals surface area contributed by atoms with Gasteiger partial charge in [-0.05, 0) is 38.5 Å². The molecule has 114 valence electrons. The highest BCUT2D eigenvalue weighted by Gasteiger charge is 2.25. The summed E-state index contributed by atoms with van der Waals surface area (Å²) in [7, 11) is 0. The first-order valence-corrected chi connectivity index (χ1v) is 7.98. The predicted octanol–water partition coefficient (Wildman–Crippen LogP) is 0.926. The van der Waals surface area contributed by atoms with Gasteiger partial charge in [-0.1, -0.05) is 12.8 Å². The maximum Gasteiger partial charge on any atom is 0.223 e. The topological polar surface area (TPSA) is 84.2 Å². The van der Waals surface area contributed by atoms with Gasteiger partial charge in [-0.3, -0.25) is 9.59 Å². The van der Waals surface area contributed by atoms with Crippen LogP contribution < -0.4 is 16.4 Å². The Kier molecular flexibility index (Phi) is 5.83. The molecule has 2 unspecified atom stereocenters. The normalized spacial score (nSPS) is 26.6. The number of hydrogen-bond donors (Lipinski definition) is 3. The third kappa shape index (κ3) is 4.47. The van der Waals surface area contributed by atoms with Crippen LogP contribution >= 0.6 is 0 Å². The van der Waals surface area contributed by atoms with Crippen LogP contribution in [0.3, 0.4) is 0 Å². The number of carbonyl (C=O) groups excluding carboxylic acids is 2. The van der Waals surface area contributed by atoms with E-state index in [0.29, 0.717) is 13.1 Å². The maximum absolute atomic E-state index is 12.0. The van der Waals surface area contributed by atoms with Gasteiger partial charge >= 0.3 is 0 Å². The van der Waals surface area contributed by atoms with E-state index in [1.807, 2.05) is 0 Å². The third-order valence-electron chi connectivity index (χ3n) is 4.51. The van der Waals surface area contributed by atoms with Gasteiger partial charge in [0.05, 0.1) is 0 Å². The summed E-state index contributed by atoms with van der Waals surface area (Å²) >= 11 is 0. The molecule has 2 aliphatic rings. The first kappa shape index (κ1) is 15.3. The molecule has 4 N–H and O–H groups in total. The summed E-state index contributed by atoms with van der Waals surface area (Å²) in [5.41, 5.74) is 5.89. The lowest BCUT2D eigenvalue weighted by molar-refractivity contribution is -0.127. The van der Waals surface area contributed by atoms with Gasteiger partial charge in [-0.2, -0.15) is 0 Å². The van der Waals surface area contributed by atoms with Gasteiger partial charge in [0.25, 0.3) is 0 Å². The van der Waals surface area contributed by atoms with Crippen LogP contribution in [0.5, 0.6) is 0 Å². The highest BCUT2D eigenvalue weighted by atomic mass is 16.2. The molecule has 5 nitrogen and oxygen atoms in total. The quantitative estimate of drug-likeness (QED) is 0.633. The number of rotatable bonds is 6. The van der Waals surface area contributed by atoms with Crippen LogP contribution in [-0.2, 0) is 9.59 Å². The lowest BCUT2D eigenvalue weighted by Crippen LogP contribution is -2.39. The lowest BCUT2D eigenvalue weighted by atomic mass is 9.85. The molecule has 0 bridgehead atoms. The summed E-state index contributed by atoms with van der Waals surface area (Å²) in [6.07, 6.45) is 7.89. The molecule has 20 heavy (non-hydrogen) atoms. The van der Waals surface area contributed by atoms with Gasteiger partial charge in [-0.15, -0.1) is 0 Å². The van der Waals surface area contributed by atoms with Crippen LogP contribution in [0.25, 0.3) is 0 Å². The van der Waals surface area contributed by atoms with Crippen molar-refractivity contribution in [1.29, 1.82) is 0 Å². The van der Waals surface area contributed by atoms with Crippen LogP contribution in [0, 0.1) is 11.8 Å². The van der Waals surface area contributed by atoms with Crippen molar-refractivity contribution in [2.75, 3.05) is 13.1 Å². The van der Waals surface area contributed by atoms with E-state index < -0.39 is 0 Å². The van der Waals surface area contributed by atoms with Crippen LogP contribution in [0.4, 0.5) is 0 Å². The van der Waals surface area contributed by atoms with E-state index in [9.17, 15) is 9.59 Å². The molecule has 2 aliphatic carbocycles. The second kappa shape index (κ2) is 7.62. The smallest absolute Gasteiger partial charge is 0.223 e. The minimum absolute atomic E-state index is 0.0864. The first-order valence-electron chi connectivity index (χ1n) is 7.98. The van der Waals surface area contributed by atoms with Gasteiger partial charge in [-0.25, -0.2) is 0 Å². The molecular formula is C15H27N3O2. The van der Waals surface area contributed by atoms with Crippen molar-refractivity contribution >= 4 is 11.8 Å². The molecule has 2 rings (SSSR count). The molecule has 0 aromatic carbocycles. The minimum atomic E-state index is 0.0864. The SMILES string of the molecule is NC1CCCC(C(=O)NCCCNC(=O)C2CCC2)C1. The number of nitrogens with one attached hydrogen (secondary N) is 2. The van der Waals surface area contributed by atoms with Crippen LogP contribution in [0.2, 0.25) is 0 Å². The Hall–Kier alpha value is -1.10. The van der Waals surface area contributed by atoms with Crippen molar-refractivity contribution < 1.29 is 9.59 Å². The van der Waals surface area contributed by atoms with Gasteiger partial charge in [0.15, 0.2) is 0 Å². The fraction of sp³-hybridized carbons (Fsp3) is 0.867. The molecule has 0 aliphatic heterocycles. The summed E-state index contributed by atoms with van der Waals surface area (Å²) in [4.78, 5) is 23.5. The molecule has 0 radical (unpaired) electrons. The Morgan fingerprint density at radius 3 is 2.00 bits per heavy atom. The zero-order valence-electron chi connectivity index (χ0n) is 12.2. The summed E-state index contributed by atoms with van der Waals surface area (Å²) in [6, 6.07) is 0.182. The molecular weight excluding hydrogens is 254 g/mol. The van der Waals surface area contributed by atoms with Crippen LogP contribution in [0.1, 0.15) is 51.4 Å². The van der Waals surface area contributed by atoms with Crippen LogP contribution in [0.15, 0.2) is 0 Å². The Bertz CT molecular complexity index is 342. The molecule has 0 spiro atoms. The van der Waals surface area contributed by atoms with E-state index in [1.165, 1.54) is 6.42 Å². The summed E-state index contributed by atoms with van der Waals surface area (Å²) < 4.78 is 0. The Morgan fingerprint density at radius 2 is 1.45 bits per heavy atom. The number of carbonyl (C=O) groups is 2. The van der Waals surface area contributed by atoms with E-state index in [1.54, 1.807) is 0 Å². The Balaban J connectivity index is 1.51. The minimum Gasteiger partial charge on any atom is -0.356 e. The zero-order valence-corrected chi connectivity index (χ0v) is 12.2. The van der Waals surface area contributed by atoms with E-state index in [4.69, 9.17) is 5.73 Å². The van der Waals surface area contributed by atoms with Crippen molar-refractivity contribution in [2.24, 2.45) is 17.6 Å². The average Bonchev–Trinajstić information content (AvgIpc) is 2.36. The van der Waals surface area contributed by atoms with Gasteiger partial charge < -0.3 is 16.4 Å². The average molecular weight is 281 g/mol. The maximum atomic E-state index is 12.0. The monoisotopic (exact) mass is 281 g/mol.